The van der Waals surface area contributed by atoms with Gasteiger partial charge in [0.15, 0.2) is 0 Å². The molecule has 2 rings (SSSR count). The molecule has 1 aromatic rings. The van der Waals surface area contributed by atoms with E-state index in [0.717, 1.165) is 16.8 Å². The number of thiophene rings is 1. The maximum atomic E-state index is 6.28. The van der Waals surface area contributed by atoms with Crippen LogP contribution in [0.25, 0.3) is 0 Å². The molecular weight excluding hydrogens is 274 g/mol. The average molecular weight is 300 g/mol. The van der Waals surface area contributed by atoms with Crippen LogP contribution in [-0.2, 0) is 0 Å². The molecule has 1 heterocycles. The monoisotopic (exact) mass is 299 g/mol. The lowest BCUT2D eigenvalue weighted by atomic mass is 9.77. The highest BCUT2D eigenvalue weighted by molar-refractivity contribution is 7.16. The van der Waals surface area contributed by atoms with Crippen molar-refractivity contribution in [3.8, 4) is 0 Å². The predicted molar refractivity (Wildman–Crippen MR) is 86.2 cm³/mol. The number of nitrogens with one attached hydrogen (secondary N) is 1. The summed E-state index contributed by atoms with van der Waals surface area (Å²) >= 11 is 8.04. The van der Waals surface area contributed by atoms with Crippen LogP contribution >= 0.6 is 22.9 Å². The third-order valence-electron chi connectivity index (χ3n) is 4.54. The number of hydrogen-bond donors (Lipinski definition) is 1. The van der Waals surface area contributed by atoms with Crippen molar-refractivity contribution in [2.24, 2.45) is 11.3 Å². The van der Waals surface area contributed by atoms with Crippen molar-refractivity contribution >= 4 is 22.9 Å². The zero-order chi connectivity index (χ0) is 14.0. The molecule has 2 unspecified atom stereocenters. The molecule has 1 aliphatic carbocycles. The van der Waals surface area contributed by atoms with Crippen molar-refractivity contribution in [3.05, 3.63) is 20.8 Å². The van der Waals surface area contributed by atoms with Gasteiger partial charge in [0.2, 0.25) is 0 Å². The predicted octanol–water partition coefficient (Wildman–Crippen LogP) is 5.58. The second-order valence-corrected chi connectivity index (χ2v) is 8.21. The van der Waals surface area contributed by atoms with E-state index in [1.807, 2.05) is 0 Å². The summed E-state index contributed by atoms with van der Waals surface area (Å²) in [7, 11) is 0. The molecule has 1 fully saturated rings. The minimum atomic E-state index is 0.440. The topological polar surface area (TPSA) is 12.0 Å². The van der Waals surface area contributed by atoms with Crippen LogP contribution in [0.2, 0.25) is 4.34 Å². The molecule has 19 heavy (non-hydrogen) atoms. The summed E-state index contributed by atoms with van der Waals surface area (Å²) in [6.45, 7) is 10.3. The van der Waals surface area contributed by atoms with Gasteiger partial charge in [-0.05, 0) is 55.7 Å². The molecule has 1 aromatic heterocycles. The van der Waals surface area contributed by atoms with E-state index in [1.165, 1.54) is 36.1 Å². The van der Waals surface area contributed by atoms with Crippen molar-refractivity contribution < 1.29 is 0 Å². The summed E-state index contributed by atoms with van der Waals surface area (Å²) < 4.78 is 0.953. The highest BCUT2D eigenvalue weighted by Crippen LogP contribution is 2.50. The molecule has 0 saturated heterocycles. The normalized spacial score (nSPS) is 23.7. The number of rotatable bonds is 5. The summed E-state index contributed by atoms with van der Waals surface area (Å²) in [5, 5.41) is 3.78. The van der Waals surface area contributed by atoms with Crippen molar-refractivity contribution in [2.45, 2.75) is 59.4 Å². The fourth-order valence-corrected chi connectivity index (χ4v) is 4.71. The molecule has 1 N–H and O–H groups in total. The second-order valence-electron chi connectivity index (χ2n) is 6.52. The Kier molecular flexibility index (Phi) is 4.97. The lowest BCUT2D eigenvalue weighted by Gasteiger charge is -2.34. The first-order chi connectivity index (χ1) is 8.95. The fourth-order valence-electron chi connectivity index (χ4n) is 3.35. The Morgan fingerprint density at radius 3 is 2.74 bits per heavy atom. The zero-order valence-corrected chi connectivity index (χ0v) is 14.1. The molecule has 0 radical (unpaired) electrons. The Balaban J connectivity index is 2.25. The standard InChI is InChI=1S/C16H26ClNS/c1-5-9-18-14(12-7-6-8-16(12,3)4)13-10-11(2)15(17)19-13/h10,12,14,18H,5-9H2,1-4H3. The third kappa shape index (κ3) is 3.34. The van der Waals surface area contributed by atoms with E-state index in [1.54, 1.807) is 11.3 Å². The Labute approximate surface area is 126 Å². The number of hydrogen-bond acceptors (Lipinski definition) is 2. The Morgan fingerprint density at radius 1 is 1.53 bits per heavy atom. The summed E-state index contributed by atoms with van der Waals surface area (Å²) in [5.41, 5.74) is 1.66. The maximum absolute atomic E-state index is 6.28. The van der Waals surface area contributed by atoms with Gasteiger partial charge in [0.05, 0.1) is 4.34 Å². The first kappa shape index (κ1) is 15.3. The van der Waals surface area contributed by atoms with Crippen LogP contribution in [0.4, 0.5) is 0 Å². The minimum absolute atomic E-state index is 0.440. The van der Waals surface area contributed by atoms with Crippen molar-refractivity contribution in [3.63, 3.8) is 0 Å². The van der Waals surface area contributed by atoms with E-state index >= 15 is 0 Å². The third-order valence-corrected chi connectivity index (χ3v) is 6.18. The van der Waals surface area contributed by atoms with Gasteiger partial charge >= 0.3 is 0 Å². The first-order valence-corrected chi connectivity index (χ1v) is 8.64. The lowest BCUT2D eigenvalue weighted by Crippen LogP contribution is -2.33. The van der Waals surface area contributed by atoms with Gasteiger partial charge in [0, 0.05) is 10.9 Å². The van der Waals surface area contributed by atoms with Gasteiger partial charge in [-0.1, -0.05) is 38.8 Å². The van der Waals surface area contributed by atoms with E-state index in [0.29, 0.717) is 11.5 Å². The van der Waals surface area contributed by atoms with Crippen LogP contribution in [0.1, 0.15) is 62.9 Å². The largest absolute Gasteiger partial charge is 0.309 e. The molecule has 1 aliphatic rings. The van der Waals surface area contributed by atoms with Crippen LogP contribution < -0.4 is 5.32 Å². The van der Waals surface area contributed by atoms with E-state index in [9.17, 15) is 0 Å². The van der Waals surface area contributed by atoms with E-state index in [4.69, 9.17) is 11.6 Å². The van der Waals surface area contributed by atoms with Crippen LogP contribution in [-0.4, -0.2) is 6.54 Å². The molecule has 108 valence electrons. The molecule has 1 nitrogen and oxygen atoms in total. The van der Waals surface area contributed by atoms with Gasteiger partial charge in [0.1, 0.15) is 0 Å². The summed E-state index contributed by atoms with van der Waals surface area (Å²) in [6.07, 6.45) is 5.23. The lowest BCUT2D eigenvalue weighted by molar-refractivity contribution is 0.200. The van der Waals surface area contributed by atoms with E-state index < -0.39 is 0 Å². The molecule has 1 saturated carbocycles. The summed E-state index contributed by atoms with van der Waals surface area (Å²) in [6, 6.07) is 2.77. The minimum Gasteiger partial charge on any atom is -0.309 e. The number of halogens is 1. The van der Waals surface area contributed by atoms with Gasteiger partial charge in [-0.15, -0.1) is 11.3 Å². The van der Waals surface area contributed by atoms with Gasteiger partial charge in [-0.25, -0.2) is 0 Å². The second kappa shape index (κ2) is 6.15. The van der Waals surface area contributed by atoms with Crippen molar-refractivity contribution in [2.75, 3.05) is 6.54 Å². The molecule has 0 aliphatic heterocycles. The van der Waals surface area contributed by atoms with Crippen molar-refractivity contribution in [1.82, 2.24) is 5.32 Å². The number of aryl methyl sites for hydroxylation is 1. The SMILES string of the molecule is CCCNC(c1cc(C)c(Cl)s1)C1CCCC1(C)C. The Hall–Kier alpha value is -0.0500. The average Bonchev–Trinajstić information content (AvgIpc) is 2.84. The quantitative estimate of drug-likeness (QED) is 0.748. The molecule has 0 amide bonds. The Morgan fingerprint density at radius 2 is 2.26 bits per heavy atom. The highest BCUT2D eigenvalue weighted by Gasteiger charge is 2.40. The molecule has 2 atom stereocenters. The molecule has 3 heteroatoms. The van der Waals surface area contributed by atoms with Gasteiger partial charge in [-0.3, -0.25) is 0 Å². The molecule has 0 spiro atoms. The maximum Gasteiger partial charge on any atom is 0.0960 e. The van der Waals surface area contributed by atoms with Crippen LogP contribution in [0, 0.1) is 18.3 Å². The first-order valence-electron chi connectivity index (χ1n) is 7.45. The van der Waals surface area contributed by atoms with Gasteiger partial charge in [0.25, 0.3) is 0 Å². The van der Waals surface area contributed by atoms with Crippen LogP contribution in [0.5, 0.6) is 0 Å². The van der Waals surface area contributed by atoms with Gasteiger partial charge < -0.3 is 5.32 Å². The van der Waals surface area contributed by atoms with Crippen molar-refractivity contribution in [1.29, 1.82) is 0 Å². The molecule has 0 aromatic carbocycles. The molecule has 0 bridgehead atoms. The summed E-state index contributed by atoms with van der Waals surface area (Å²) in [5.74, 6) is 0.730. The van der Waals surface area contributed by atoms with Crippen LogP contribution in [0.3, 0.4) is 0 Å². The summed E-state index contributed by atoms with van der Waals surface area (Å²) in [4.78, 5) is 1.43. The van der Waals surface area contributed by atoms with Gasteiger partial charge in [-0.2, -0.15) is 0 Å². The smallest absolute Gasteiger partial charge is 0.0960 e. The molecular formula is C16H26ClNS. The Bertz CT molecular complexity index is 405. The van der Waals surface area contributed by atoms with E-state index in [-0.39, 0.29) is 0 Å². The van der Waals surface area contributed by atoms with E-state index in [2.05, 4.69) is 39.1 Å². The highest BCUT2D eigenvalue weighted by atomic mass is 35.5. The fraction of sp³-hybridized carbons (Fsp3) is 0.750. The van der Waals surface area contributed by atoms with Crippen LogP contribution in [0.15, 0.2) is 6.07 Å². The zero-order valence-electron chi connectivity index (χ0n) is 12.6.